The van der Waals surface area contributed by atoms with Crippen molar-refractivity contribution in [2.24, 2.45) is 0 Å². The van der Waals surface area contributed by atoms with Crippen LogP contribution in [-0.2, 0) is 15.5 Å². The number of benzene rings is 2. The Morgan fingerprint density at radius 1 is 1.14 bits per heavy atom. The summed E-state index contributed by atoms with van der Waals surface area (Å²) in [6.07, 6.45) is -0.910. The van der Waals surface area contributed by atoms with Crippen molar-refractivity contribution in [3.8, 4) is 0 Å². The first-order chi connectivity index (χ1) is 10.1. The number of halogens is 1. The zero-order valence-electron chi connectivity index (χ0n) is 10.9. The summed E-state index contributed by atoms with van der Waals surface area (Å²) in [4.78, 5) is 12.2. The Hall–Kier alpha value is -1.53. The van der Waals surface area contributed by atoms with Crippen molar-refractivity contribution >= 4 is 28.7 Å². The average Bonchev–Trinajstić information content (AvgIpc) is 2.47. The number of hydrogen-bond acceptors (Lipinski definition) is 4. The molecular weight excluding hydrogens is 312 g/mol. The first kappa shape index (κ1) is 15.9. The third-order valence-electron chi connectivity index (χ3n) is 2.90. The van der Waals surface area contributed by atoms with Crippen LogP contribution < -0.4 is 0 Å². The molecule has 0 saturated carbocycles. The summed E-state index contributed by atoms with van der Waals surface area (Å²) in [6.45, 7) is 0. The van der Waals surface area contributed by atoms with Gasteiger partial charge in [0, 0.05) is 17.0 Å². The van der Waals surface area contributed by atoms with Crippen LogP contribution in [-0.4, -0.2) is 14.5 Å². The molecular formula is C15H12ClO4S-. The fraction of sp³-hybridized carbons (Fsp3) is 0.133. The quantitative estimate of drug-likeness (QED) is 0.603. The van der Waals surface area contributed by atoms with Crippen LogP contribution in [0.15, 0.2) is 54.6 Å². The van der Waals surface area contributed by atoms with Crippen LogP contribution in [0.3, 0.4) is 0 Å². The van der Waals surface area contributed by atoms with Gasteiger partial charge in [-0.15, -0.1) is 0 Å². The predicted octanol–water partition coefficient (Wildman–Crippen LogP) is 3.46. The zero-order chi connectivity index (χ0) is 15.2. The molecule has 0 aliphatic heterocycles. The minimum atomic E-state index is -2.70. The Kier molecular flexibility index (Phi) is 5.64. The Morgan fingerprint density at radius 3 is 2.33 bits per heavy atom. The molecule has 21 heavy (non-hydrogen) atoms. The van der Waals surface area contributed by atoms with Crippen LogP contribution >= 0.6 is 11.6 Å². The van der Waals surface area contributed by atoms with Crippen molar-refractivity contribution in [2.75, 3.05) is 0 Å². The van der Waals surface area contributed by atoms with E-state index in [9.17, 15) is 13.6 Å². The highest BCUT2D eigenvalue weighted by molar-refractivity contribution is 7.74. The Bertz CT molecular complexity index is 628. The highest BCUT2D eigenvalue weighted by Gasteiger charge is 2.18. The minimum absolute atomic E-state index is 0.0698. The molecule has 6 heteroatoms. The summed E-state index contributed by atoms with van der Waals surface area (Å²) in [5, 5.41) is 0.531. The number of rotatable bonds is 6. The minimum Gasteiger partial charge on any atom is -0.750 e. The Labute approximate surface area is 130 Å². The Morgan fingerprint density at radius 2 is 1.76 bits per heavy atom. The summed E-state index contributed by atoms with van der Waals surface area (Å²) in [5.41, 5.74) is 1.09. The molecule has 0 aliphatic rings. The van der Waals surface area contributed by atoms with Crippen LogP contribution in [0, 0.1) is 0 Å². The van der Waals surface area contributed by atoms with Gasteiger partial charge in [-0.3, -0.25) is 8.98 Å². The lowest BCUT2D eigenvalue weighted by atomic mass is 10.0. The van der Waals surface area contributed by atoms with Crippen LogP contribution in [0.4, 0.5) is 0 Å². The molecule has 4 nitrogen and oxygen atoms in total. The zero-order valence-corrected chi connectivity index (χ0v) is 12.5. The Balaban J connectivity index is 2.17. The molecule has 2 aromatic carbocycles. The number of carbonyl (C=O) groups is 1. The largest absolute Gasteiger partial charge is 0.750 e. The molecule has 2 aromatic rings. The van der Waals surface area contributed by atoms with Crippen molar-refractivity contribution in [2.45, 2.75) is 12.5 Å². The summed E-state index contributed by atoms with van der Waals surface area (Å²) >= 11 is 3.07. The van der Waals surface area contributed by atoms with Gasteiger partial charge in [-0.1, -0.05) is 41.9 Å². The van der Waals surface area contributed by atoms with Crippen LogP contribution in [0.2, 0.25) is 5.02 Å². The maximum atomic E-state index is 12.2. The molecule has 0 fully saturated rings. The molecule has 0 N–H and O–H groups in total. The van der Waals surface area contributed by atoms with E-state index in [0.29, 0.717) is 16.1 Å². The first-order valence-electron chi connectivity index (χ1n) is 6.16. The fourth-order valence-corrected chi connectivity index (χ4v) is 2.39. The van der Waals surface area contributed by atoms with Crippen LogP contribution in [0.5, 0.6) is 0 Å². The molecule has 0 saturated heterocycles. The van der Waals surface area contributed by atoms with E-state index in [2.05, 4.69) is 0 Å². The molecule has 2 atom stereocenters. The molecule has 2 unspecified atom stereocenters. The molecule has 0 spiro atoms. The second kappa shape index (κ2) is 7.47. The maximum absolute atomic E-state index is 12.2. The molecule has 0 heterocycles. The number of ketones is 1. The van der Waals surface area contributed by atoms with Gasteiger partial charge in [-0.2, -0.15) is 0 Å². The lowest BCUT2D eigenvalue weighted by Crippen LogP contribution is -2.12. The van der Waals surface area contributed by atoms with Gasteiger partial charge in [-0.25, -0.2) is 4.21 Å². The van der Waals surface area contributed by atoms with Gasteiger partial charge >= 0.3 is 0 Å². The van der Waals surface area contributed by atoms with Gasteiger partial charge < -0.3 is 4.55 Å². The van der Waals surface area contributed by atoms with Crippen molar-refractivity contribution in [1.29, 1.82) is 0 Å². The fourth-order valence-electron chi connectivity index (χ4n) is 1.89. The van der Waals surface area contributed by atoms with E-state index < -0.39 is 17.5 Å². The number of Topliss-reactive ketones (excluding diaryl/α,β-unsaturated/α-hetero) is 1. The highest BCUT2D eigenvalue weighted by atomic mass is 35.5. The first-order valence-corrected chi connectivity index (χ1v) is 7.54. The van der Waals surface area contributed by atoms with E-state index >= 15 is 0 Å². The van der Waals surface area contributed by atoms with Gasteiger partial charge in [-0.05, 0) is 29.8 Å². The summed E-state index contributed by atoms with van der Waals surface area (Å²) < 4.78 is 26.4. The molecule has 0 aliphatic carbocycles. The monoisotopic (exact) mass is 323 g/mol. The highest BCUT2D eigenvalue weighted by Crippen LogP contribution is 2.24. The third-order valence-corrected chi connectivity index (χ3v) is 3.54. The molecule has 0 aromatic heterocycles. The van der Waals surface area contributed by atoms with E-state index in [1.807, 2.05) is 0 Å². The van der Waals surface area contributed by atoms with E-state index in [1.165, 1.54) is 0 Å². The third kappa shape index (κ3) is 4.75. The smallest absolute Gasteiger partial charge is 0.165 e. The second-order valence-electron chi connectivity index (χ2n) is 4.33. The van der Waals surface area contributed by atoms with Gasteiger partial charge in [0.2, 0.25) is 0 Å². The molecule has 0 amide bonds. The lowest BCUT2D eigenvalue weighted by Gasteiger charge is -2.18. The van der Waals surface area contributed by atoms with Gasteiger partial charge in [0.25, 0.3) is 0 Å². The van der Waals surface area contributed by atoms with Crippen molar-refractivity contribution in [1.82, 2.24) is 0 Å². The number of hydrogen-bond donors (Lipinski definition) is 0. The molecule has 0 radical (unpaired) electrons. The average molecular weight is 324 g/mol. The summed E-state index contributed by atoms with van der Waals surface area (Å²) in [6, 6.07) is 15.2. The molecule has 0 bridgehead atoms. The lowest BCUT2D eigenvalue weighted by molar-refractivity contribution is 0.0910. The standard InChI is InChI=1S/C15H13ClO4S/c16-13-8-6-11(7-9-13)14(17)10-15(20-21(18)19)12-4-2-1-3-5-12/h1-9,15H,10H2,(H,18,19)/p-1. The van der Waals surface area contributed by atoms with Crippen molar-refractivity contribution < 1.29 is 17.7 Å². The topological polar surface area (TPSA) is 66.4 Å². The van der Waals surface area contributed by atoms with Crippen LogP contribution in [0.25, 0.3) is 0 Å². The van der Waals surface area contributed by atoms with Crippen molar-refractivity contribution in [3.63, 3.8) is 0 Å². The molecule has 110 valence electrons. The van der Waals surface area contributed by atoms with E-state index in [4.69, 9.17) is 15.8 Å². The van der Waals surface area contributed by atoms with E-state index in [1.54, 1.807) is 54.6 Å². The van der Waals surface area contributed by atoms with Gasteiger partial charge in [0.05, 0.1) is 11.4 Å². The SMILES string of the molecule is O=C(CC(OS(=O)[O-])c1ccccc1)c1ccc(Cl)cc1. The van der Waals surface area contributed by atoms with E-state index in [-0.39, 0.29) is 12.2 Å². The maximum Gasteiger partial charge on any atom is 0.165 e. The summed E-state index contributed by atoms with van der Waals surface area (Å²) in [5.74, 6) is -0.217. The molecule has 2 rings (SSSR count). The van der Waals surface area contributed by atoms with Gasteiger partial charge in [0.1, 0.15) is 6.10 Å². The predicted molar refractivity (Wildman–Crippen MR) is 79.6 cm³/mol. The normalized spacial score (nSPS) is 13.6. The van der Waals surface area contributed by atoms with Crippen molar-refractivity contribution in [3.05, 3.63) is 70.7 Å². The number of carbonyl (C=O) groups excluding carboxylic acids is 1. The second-order valence-corrected chi connectivity index (χ2v) is 5.37. The van der Waals surface area contributed by atoms with Crippen LogP contribution in [0.1, 0.15) is 28.4 Å². The van der Waals surface area contributed by atoms with Gasteiger partial charge in [0.15, 0.2) is 5.78 Å². The van der Waals surface area contributed by atoms with E-state index in [0.717, 1.165) is 0 Å². The summed E-state index contributed by atoms with van der Waals surface area (Å²) in [7, 11) is 0.